The average Bonchev–Trinajstić information content (AvgIpc) is 3.09. The Hall–Kier alpha value is -2.37. The third-order valence-corrected chi connectivity index (χ3v) is 5.38. The van der Waals surface area contributed by atoms with Crippen molar-refractivity contribution >= 4 is 6.09 Å². The van der Waals surface area contributed by atoms with Crippen LogP contribution in [0.1, 0.15) is 30.9 Å². The van der Waals surface area contributed by atoms with Gasteiger partial charge in [0.1, 0.15) is 12.7 Å². The molecule has 5 nitrogen and oxygen atoms in total. The molecule has 2 atom stereocenters. The maximum atomic E-state index is 12.2. The lowest BCUT2D eigenvalue weighted by Crippen LogP contribution is -2.47. The molecule has 0 saturated carbocycles. The minimum absolute atomic E-state index is 0.0225. The average molecular weight is 353 g/mol. The van der Waals surface area contributed by atoms with Gasteiger partial charge in [0.05, 0.1) is 18.2 Å². The first-order chi connectivity index (χ1) is 12.5. The topological polar surface area (TPSA) is 67.8 Å². The Labute approximate surface area is 152 Å². The van der Waals surface area contributed by atoms with Crippen LogP contribution < -0.4 is 5.32 Å². The first-order valence-corrected chi connectivity index (χ1v) is 8.91. The largest absolute Gasteiger partial charge is 0.449 e. The molecule has 5 heteroatoms. The van der Waals surface area contributed by atoms with Crippen molar-refractivity contribution in [3.63, 3.8) is 0 Å². The third kappa shape index (κ3) is 2.87. The Bertz CT molecular complexity index is 787. The van der Waals surface area contributed by atoms with Gasteiger partial charge in [-0.25, -0.2) is 4.79 Å². The van der Waals surface area contributed by atoms with Crippen LogP contribution in [0.2, 0.25) is 0 Å². The number of nitrogens with one attached hydrogen (secondary N) is 1. The first kappa shape index (κ1) is 17.1. The number of hydrogen-bond donors (Lipinski definition) is 2. The summed E-state index contributed by atoms with van der Waals surface area (Å²) in [5, 5.41) is 12.9. The summed E-state index contributed by atoms with van der Waals surface area (Å²) in [6, 6.07) is 16.0. The molecule has 2 aromatic carbocycles. The molecule has 26 heavy (non-hydrogen) atoms. The van der Waals surface area contributed by atoms with Gasteiger partial charge in [0.15, 0.2) is 0 Å². The number of carbonyl (C=O) groups is 1. The molecule has 0 spiro atoms. The van der Waals surface area contributed by atoms with Crippen molar-refractivity contribution in [2.75, 3.05) is 13.2 Å². The van der Waals surface area contributed by atoms with E-state index in [0.29, 0.717) is 0 Å². The van der Waals surface area contributed by atoms with E-state index >= 15 is 0 Å². The highest BCUT2D eigenvalue weighted by Crippen LogP contribution is 2.44. The van der Waals surface area contributed by atoms with E-state index in [9.17, 15) is 9.90 Å². The van der Waals surface area contributed by atoms with Gasteiger partial charge in [0, 0.05) is 5.92 Å². The second-order valence-corrected chi connectivity index (χ2v) is 7.44. The second-order valence-electron chi connectivity index (χ2n) is 7.44. The highest BCUT2D eigenvalue weighted by molar-refractivity contribution is 5.79. The molecule has 1 heterocycles. The fraction of sp³-hybridized carbons (Fsp3) is 0.381. The summed E-state index contributed by atoms with van der Waals surface area (Å²) in [5.41, 5.74) is 4.07. The third-order valence-electron chi connectivity index (χ3n) is 5.38. The van der Waals surface area contributed by atoms with Crippen LogP contribution in [0.25, 0.3) is 11.1 Å². The number of amides is 1. The number of alkyl carbamates (subject to hydrolysis) is 1. The predicted molar refractivity (Wildman–Crippen MR) is 98.0 cm³/mol. The highest BCUT2D eigenvalue weighted by Gasteiger charge is 2.43. The zero-order chi connectivity index (χ0) is 18.3. The van der Waals surface area contributed by atoms with Gasteiger partial charge < -0.3 is 19.9 Å². The van der Waals surface area contributed by atoms with Gasteiger partial charge in [0.25, 0.3) is 0 Å². The molecule has 0 radical (unpaired) electrons. The number of aliphatic hydroxyl groups excluding tert-OH is 1. The molecule has 1 aliphatic heterocycles. The molecular weight excluding hydrogens is 330 g/mol. The van der Waals surface area contributed by atoms with E-state index in [1.807, 2.05) is 24.3 Å². The van der Waals surface area contributed by atoms with Crippen LogP contribution in [0.15, 0.2) is 48.5 Å². The molecule has 2 N–H and O–H groups in total. The zero-order valence-electron chi connectivity index (χ0n) is 14.9. The van der Waals surface area contributed by atoms with Gasteiger partial charge in [-0.3, -0.25) is 0 Å². The summed E-state index contributed by atoms with van der Waals surface area (Å²) in [4.78, 5) is 12.2. The van der Waals surface area contributed by atoms with Gasteiger partial charge in [-0.05, 0) is 36.1 Å². The van der Waals surface area contributed by atoms with Crippen LogP contribution in [0.3, 0.4) is 0 Å². The lowest BCUT2D eigenvalue weighted by molar-refractivity contribution is -0.0299. The Balaban J connectivity index is 1.44. The van der Waals surface area contributed by atoms with E-state index in [0.717, 1.165) is 0 Å². The first-order valence-electron chi connectivity index (χ1n) is 8.91. The molecule has 0 aromatic heterocycles. The van der Waals surface area contributed by atoms with Gasteiger partial charge >= 0.3 is 6.09 Å². The lowest BCUT2D eigenvalue weighted by Gasteiger charge is -2.23. The Morgan fingerprint density at radius 2 is 1.73 bits per heavy atom. The van der Waals surface area contributed by atoms with Crippen molar-refractivity contribution in [2.45, 2.75) is 37.5 Å². The molecule has 0 bridgehead atoms. The van der Waals surface area contributed by atoms with Crippen molar-refractivity contribution in [2.24, 2.45) is 0 Å². The number of ether oxygens (including phenoxy) is 2. The van der Waals surface area contributed by atoms with Crippen LogP contribution in [-0.4, -0.2) is 42.2 Å². The van der Waals surface area contributed by atoms with Crippen molar-refractivity contribution < 1.29 is 19.4 Å². The van der Waals surface area contributed by atoms with Crippen LogP contribution in [0.5, 0.6) is 0 Å². The smallest absolute Gasteiger partial charge is 0.407 e. The summed E-state index contributed by atoms with van der Waals surface area (Å²) >= 11 is 0. The van der Waals surface area contributed by atoms with Crippen molar-refractivity contribution in [1.29, 1.82) is 0 Å². The van der Waals surface area contributed by atoms with Gasteiger partial charge in [-0.1, -0.05) is 48.5 Å². The lowest BCUT2D eigenvalue weighted by atomic mass is 9.98. The molecule has 2 aromatic rings. The quantitative estimate of drug-likeness (QED) is 0.890. The van der Waals surface area contributed by atoms with Crippen molar-refractivity contribution in [1.82, 2.24) is 5.32 Å². The minimum atomic E-state index is -0.761. The van der Waals surface area contributed by atoms with Crippen molar-refractivity contribution in [3.8, 4) is 11.1 Å². The van der Waals surface area contributed by atoms with Crippen LogP contribution in [0.4, 0.5) is 4.79 Å². The van der Waals surface area contributed by atoms with E-state index in [4.69, 9.17) is 9.47 Å². The summed E-state index contributed by atoms with van der Waals surface area (Å²) in [6.07, 6.45) is -1.29. The number of carbonyl (C=O) groups excluding carboxylic acids is 1. The second kappa shape index (κ2) is 6.41. The molecule has 2 aliphatic rings. The number of hydrogen-bond acceptors (Lipinski definition) is 4. The summed E-state index contributed by atoms with van der Waals surface area (Å²) in [6.45, 7) is 4.14. The standard InChI is InChI=1S/C21H23NO4/c1-21(2)19(23)18(12-26-21)22-20(24)25-11-17-15-9-5-3-7-13(15)14-8-4-6-10-16(14)17/h3-10,17-19,23H,11-12H2,1-2H3,(H,22,24)/t18-,19+/m1/s1. The molecule has 1 saturated heterocycles. The number of rotatable bonds is 3. The maximum absolute atomic E-state index is 12.2. The van der Waals surface area contributed by atoms with E-state index < -0.39 is 23.8 Å². The molecule has 1 aliphatic carbocycles. The minimum Gasteiger partial charge on any atom is -0.449 e. The van der Waals surface area contributed by atoms with Crippen LogP contribution in [-0.2, 0) is 9.47 Å². The zero-order valence-corrected chi connectivity index (χ0v) is 14.9. The predicted octanol–water partition coefficient (Wildman–Crippen LogP) is 3.06. The Morgan fingerprint density at radius 3 is 2.27 bits per heavy atom. The number of benzene rings is 2. The maximum Gasteiger partial charge on any atom is 0.407 e. The van der Waals surface area contributed by atoms with Gasteiger partial charge in [-0.2, -0.15) is 0 Å². The highest BCUT2D eigenvalue weighted by atomic mass is 16.6. The van der Waals surface area contributed by atoms with Crippen LogP contribution in [0, 0.1) is 0 Å². The van der Waals surface area contributed by atoms with E-state index in [1.54, 1.807) is 13.8 Å². The van der Waals surface area contributed by atoms with E-state index in [1.165, 1.54) is 22.3 Å². The fourth-order valence-corrected chi connectivity index (χ4v) is 3.88. The van der Waals surface area contributed by atoms with Crippen LogP contribution >= 0.6 is 0 Å². The summed E-state index contributed by atoms with van der Waals surface area (Å²) < 4.78 is 11.0. The Morgan fingerprint density at radius 1 is 1.15 bits per heavy atom. The summed E-state index contributed by atoms with van der Waals surface area (Å²) in [5.74, 6) is 0.0225. The van der Waals surface area contributed by atoms with E-state index in [2.05, 4.69) is 29.6 Å². The van der Waals surface area contributed by atoms with Gasteiger partial charge in [-0.15, -0.1) is 0 Å². The monoisotopic (exact) mass is 353 g/mol. The molecular formula is C21H23NO4. The summed E-state index contributed by atoms with van der Waals surface area (Å²) in [7, 11) is 0. The SMILES string of the molecule is CC1(C)OC[C@@H](NC(=O)OCC2c3ccccc3-c3ccccc32)[C@@H]1O. The molecule has 1 amide bonds. The van der Waals surface area contributed by atoms with E-state index in [-0.39, 0.29) is 19.1 Å². The number of fused-ring (bicyclic) bond motifs is 3. The van der Waals surface area contributed by atoms with Crippen molar-refractivity contribution in [3.05, 3.63) is 59.7 Å². The van der Waals surface area contributed by atoms with Gasteiger partial charge in [0.2, 0.25) is 0 Å². The molecule has 136 valence electrons. The Kier molecular flexibility index (Phi) is 4.21. The fourth-order valence-electron chi connectivity index (χ4n) is 3.88. The normalized spacial score (nSPS) is 23.3. The molecule has 1 fully saturated rings. The molecule has 0 unspecified atom stereocenters. The molecule has 4 rings (SSSR count). The number of aliphatic hydroxyl groups is 1.